The SMILES string of the molecule is CCCCCCCCCCCCCCCC(=O)OC[C@H](COP(=O)(O)OCC[N+](C)(C)C)OC(=O)CCCCCCCCCCCNc1cccc2nonc12. The van der Waals surface area contributed by atoms with Crippen molar-refractivity contribution < 1.29 is 46.7 Å². The van der Waals surface area contributed by atoms with E-state index in [0.29, 0.717) is 17.4 Å². The monoisotopic (exact) mass is 812 g/mol. The highest BCUT2D eigenvalue weighted by molar-refractivity contribution is 7.47. The van der Waals surface area contributed by atoms with Gasteiger partial charge in [0.25, 0.3) is 0 Å². The maximum atomic E-state index is 12.7. The second-order valence-electron chi connectivity index (χ2n) is 16.2. The number of carbonyl (C=O) groups is 2. The Labute approximate surface area is 337 Å². The first-order valence-electron chi connectivity index (χ1n) is 21.7. The molecule has 0 aliphatic heterocycles. The van der Waals surface area contributed by atoms with Crippen molar-refractivity contribution in [1.82, 2.24) is 10.3 Å². The molecule has 0 saturated heterocycles. The van der Waals surface area contributed by atoms with Gasteiger partial charge in [-0.15, -0.1) is 0 Å². The fourth-order valence-electron chi connectivity index (χ4n) is 6.35. The first-order valence-corrected chi connectivity index (χ1v) is 23.2. The molecule has 56 heavy (non-hydrogen) atoms. The van der Waals surface area contributed by atoms with E-state index in [0.717, 1.165) is 81.1 Å². The Balaban J connectivity index is 1.58. The van der Waals surface area contributed by atoms with Crippen molar-refractivity contribution in [2.24, 2.45) is 0 Å². The number of esters is 2. The van der Waals surface area contributed by atoms with E-state index in [4.69, 9.17) is 23.2 Å². The molecule has 1 heterocycles. The van der Waals surface area contributed by atoms with Crippen LogP contribution in [0.3, 0.4) is 0 Å². The Morgan fingerprint density at radius 1 is 0.732 bits per heavy atom. The first-order chi connectivity index (χ1) is 27.0. The maximum absolute atomic E-state index is 12.7. The predicted molar refractivity (Wildman–Crippen MR) is 222 cm³/mol. The number of fused-ring (bicyclic) bond motifs is 1. The van der Waals surface area contributed by atoms with E-state index in [9.17, 15) is 19.0 Å². The summed E-state index contributed by atoms with van der Waals surface area (Å²) in [6, 6.07) is 5.80. The molecule has 322 valence electrons. The Morgan fingerprint density at radius 2 is 1.27 bits per heavy atom. The van der Waals surface area contributed by atoms with Crippen LogP contribution in [0, 0.1) is 0 Å². The van der Waals surface area contributed by atoms with Crippen LogP contribution in [0.4, 0.5) is 5.69 Å². The van der Waals surface area contributed by atoms with Crippen molar-refractivity contribution in [1.29, 1.82) is 0 Å². The zero-order valence-corrected chi connectivity index (χ0v) is 36.2. The van der Waals surface area contributed by atoms with E-state index >= 15 is 0 Å². The van der Waals surface area contributed by atoms with E-state index in [2.05, 4.69) is 22.6 Å². The average Bonchev–Trinajstić information content (AvgIpc) is 3.64. The molecule has 0 aliphatic rings. The van der Waals surface area contributed by atoms with Gasteiger partial charge in [-0.1, -0.05) is 135 Å². The molecule has 0 aliphatic carbocycles. The van der Waals surface area contributed by atoms with Crippen LogP contribution in [0.15, 0.2) is 22.8 Å². The van der Waals surface area contributed by atoms with Crippen molar-refractivity contribution in [3.63, 3.8) is 0 Å². The van der Waals surface area contributed by atoms with Gasteiger partial charge in [0.15, 0.2) is 11.6 Å². The van der Waals surface area contributed by atoms with Gasteiger partial charge >= 0.3 is 19.8 Å². The predicted octanol–water partition coefficient (Wildman–Crippen LogP) is 10.3. The molecule has 0 amide bonds. The number of rotatable bonds is 37. The van der Waals surface area contributed by atoms with Crippen LogP contribution in [0.25, 0.3) is 11.0 Å². The smallest absolute Gasteiger partial charge is 0.462 e. The molecule has 0 spiro atoms. The molecule has 0 saturated carbocycles. The summed E-state index contributed by atoms with van der Waals surface area (Å²) >= 11 is 0. The molecule has 1 aromatic carbocycles. The average molecular weight is 812 g/mol. The zero-order chi connectivity index (χ0) is 40.7. The van der Waals surface area contributed by atoms with E-state index in [-0.39, 0.29) is 32.0 Å². The lowest BCUT2D eigenvalue weighted by molar-refractivity contribution is -0.870. The number of likely N-dealkylation sites (N-methyl/N-ethyl adjacent to an activating group) is 1. The molecule has 1 unspecified atom stereocenters. The number of aromatic nitrogens is 2. The summed E-state index contributed by atoms with van der Waals surface area (Å²) in [5.74, 6) is -0.828. The number of anilines is 1. The molecule has 0 bridgehead atoms. The number of nitrogens with zero attached hydrogens (tertiary/aromatic N) is 3. The maximum Gasteiger partial charge on any atom is 0.472 e. The van der Waals surface area contributed by atoms with Gasteiger partial charge in [0, 0.05) is 19.4 Å². The van der Waals surface area contributed by atoms with Crippen molar-refractivity contribution >= 4 is 36.5 Å². The second-order valence-corrected chi connectivity index (χ2v) is 17.6. The standard InChI is InChI=1S/C42H75N4O9P/c1-5-6-7-8-9-10-11-12-13-15-18-21-24-30-40(47)51-35-37(36-53-56(49,50)52-34-33-46(2,3)4)54-41(48)31-25-22-19-16-14-17-20-23-26-32-43-38-28-27-29-39-42(38)45-55-44-39/h27-29,37H,5-26,30-36H2,1-4H3,(H-,43,44,49,50)/p+1/t37-/m1/s1. The van der Waals surface area contributed by atoms with Crippen LogP contribution in [-0.4, -0.2) is 91.8 Å². The van der Waals surface area contributed by atoms with Gasteiger partial charge in [0.2, 0.25) is 0 Å². The number of carbonyl (C=O) groups excluding carboxylic acids is 2. The number of hydrogen-bond acceptors (Lipinski definition) is 11. The second kappa shape index (κ2) is 30.5. The van der Waals surface area contributed by atoms with Gasteiger partial charge in [-0.2, -0.15) is 0 Å². The van der Waals surface area contributed by atoms with E-state index in [1.807, 2.05) is 39.3 Å². The normalized spacial score (nSPS) is 13.4. The van der Waals surface area contributed by atoms with Gasteiger partial charge in [-0.3, -0.25) is 18.6 Å². The Morgan fingerprint density at radius 3 is 1.84 bits per heavy atom. The van der Waals surface area contributed by atoms with Gasteiger partial charge in [-0.25, -0.2) is 9.19 Å². The number of phosphoric ester groups is 1. The number of benzene rings is 1. The minimum absolute atomic E-state index is 0.0222. The lowest BCUT2D eigenvalue weighted by Crippen LogP contribution is -2.37. The highest BCUT2D eigenvalue weighted by atomic mass is 31.2. The van der Waals surface area contributed by atoms with Crippen molar-refractivity contribution in [3.8, 4) is 0 Å². The molecule has 0 fully saturated rings. The topological polar surface area (TPSA) is 159 Å². The largest absolute Gasteiger partial charge is 0.472 e. The van der Waals surface area contributed by atoms with E-state index in [1.54, 1.807) is 0 Å². The molecule has 2 aromatic rings. The lowest BCUT2D eigenvalue weighted by Gasteiger charge is -2.24. The number of phosphoric acid groups is 1. The molecule has 2 atom stereocenters. The fourth-order valence-corrected chi connectivity index (χ4v) is 7.10. The summed E-state index contributed by atoms with van der Waals surface area (Å²) in [5, 5.41) is 11.3. The Bertz CT molecular complexity index is 1350. The van der Waals surface area contributed by atoms with E-state index in [1.165, 1.54) is 77.0 Å². The third-order valence-electron chi connectivity index (χ3n) is 9.81. The molecule has 0 radical (unpaired) electrons. The van der Waals surface area contributed by atoms with Crippen LogP contribution >= 0.6 is 7.82 Å². The van der Waals surface area contributed by atoms with Gasteiger partial charge in [0.1, 0.15) is 25.3 Å². The minimum Gasteiger partial charge on any atom is -0.462 e. The number of unbranched alkanes of at least 4 members (excludes halogenated alkanes) is 20. The summed E-state index contributed by atoms with van der Waals surface area (Å²) in [5.41, 5.74) is 2.46. The zero-order valence-electron chi connectivity index (χ0n) is 35.3. The molecular weight excluding hydrogens is 735 g/mol. The van der Waals surface area contributed by atoms with Crippen LogP contribution in [0.1, 0.15) is 161 Å². The molecule has 2 rings (SSSR count). The van der Waals surface area contributed by atoms with Gasteiger partial charge < -0.3 is 24.2 Å². The van der Waals surface area contributed by atoms with Crippen LogP contribution in [0.2, 0.25) is 0 Å². The molecule has 1 aromatic heterocycles. The Kier molecular flexibility index (Phi) is 27.0. The van der Waals surface area contributed by atoms with Gasteiger partial charge in [-0.05, 0) is 41.7 Å². The summed E-state index contributed by atoms with van der Waals surface area (Å²) < 4.78 is 39.1. The van der Waals surface area contributed by atoms with Crippen LogP contribution in [0.5, 0.6) is 0 Å². The molecule has 14 heteroatoms. The van der Waals surface area contributed by atoms with E-state index < -0.39 is 26.5 Å². The van der Waals surface area contributed by atoms with Gasteiger partial charge in [0.05, 0.1) is 33.4 Å². The first kappa shape index (κ1) is 49.6. The minimum atomic E-state index is -4.39. The quantitative estimate of drug-likeness (QED) is 0.0288. The highest BCUT2D eigenvalue weighted by Gasteiger charge is 2.27. The summed E-state index contributed by atoms with van der Waals surface area (Å²) in [7, 11) is 1.44. The number of quaternary nitrogens is 1. The summed E-state index contributed by atoms with van der Waals surface area (Å²) in [4.78, 5) is 35.4. The van der Waals surface area contributed by atoms with Crippen molar-refractivity contribution in [2.45, 2.75) is 167 Å². The van der Waals surface area contributed by atoms with Crippen LogP contribution in [-0.2, 0) is 32.7 Å². The highest BCUT2D eigenvalue weighted by Crippen LogP contribution is 2.43. The Hall–Kier alpha value is -2.57. The number of ether oxygens (including phenoxy) is 2. The van der Waals surface area contributed by atoms with Crippen molar-refractivity contribution in [2.75, 3.05) is 59.4 Å². The number of nitrogens with one attached hydrogen (secondary N) is 1. The summed E-state index contributed by atoms with van der Waals surface area (Å²) in [6.07, 6.45) is 24.8. The van der Waals surface area contributed by atoms with Crippen molar-refractivity contribution in [3.05, 3.63) is 18.2 Å². The molecular formula is C42H76N4O9P+. The number of hydrogen-bond donors (Lipinski definition) is 2. The molecule has 2 N–H and O–H groups in total. The lowest BCUT2D eigenvalue weighted by atomic mass is 10.0. The third-order valence-corrected chi connectivity index (χ3v) is 10.8. The molecule has 13 nitrogen and oxygen atoms in total. The summed E-state index contributed by atoms with van der Waals surface area (Å²) in [6.45, 7) is 2.99. The fraction of sp³-hybridized carbons (Fsp3) is 0.810. The van der Waals surface area contributed by atoms with Crippen LogP contribution < -0.4 is 5.32 Å². The third kappa shape index (κ3) is 26.4.